The Morgan fingerprint density at radius 1 is 1.50 bits per heavy atom. The minimum Gasteiger partial charge on any atom is -0.314 e. The molecule has 108 valence electrons. The van der Waals surface area contributed by atoms with Crippen molar-refractivity contribution in [2.45, 2.75) is 19.4 Å². The van der Waals surface area contributed by atoms with E-state index in [1.54, 1.807) is 13.0 Å². The van der Waals surface area contributed by atoms with Gasteiger partial charge < -0.3 is 5.32 Å². The summed E-state index contributed by atoms with van der Waals surface area (Å²) in [6, 6.07) is 5.73. The molecule has 1 heterocycles. The highest BCUT2D eigenvalue weighted by Crippen LogP contribution is 2.29. The van der Waals surface area contributed by atoms with Crippen molar-refractivity contribution in [1.82, 2.24) is 10.2 Å². The van der Waals surface area contributed by atoms with E-state index in [0.29, 0.717) is 5.56 Å². The molecular weight excluding hydrogens is 254 g/mol. The van der Waals surface area contributed by atoms with Gasteiger partial charge in [0.25, 0.3) is 5.69 Å². The van der Waals surface area contributed by atoms with Crippen LogP contribution in [0.25, 0.3) is 0 Å². The smallest absolute Gasteiger partial charge is 0.272 e. The standard InChI is InChI=1S/C15H21N3O2/c1-3-4-14(17-9-7-16-8-10-17)13-6-5-12(2)15(11-13)18(19)20/h3,5-6,11,14,16H,1,4,7-10H2,2H3/t14-/m1/s1. The number of nitrogens with one attached hydrogen (secondary N) is 1. The van der Waals surface area contributed by atoms with E-state index >= 15 is 0 Å². The first-order valence-electron chi connectivity index (χ1n) is 6.94. The minimum atomic E-state index is -0.304. The fourth-order valence-electron chi connectivity index (χ4n) is 2.68. The Hall–Kier alpha value is -1.72. The van der Waals surface area contributed by atoms with Crippen LogP contribution in [0, 0.1) is 17.0 Å². The molecule has 0 bridgehead atoms. The third-order valence-electron chi connectivity index (χ3n) is 3.80. The lowest BCUT2D eigenvalue weighted by Crippen LogP contribution is -2.45. The maximum Gasteiger partial charge on any atom is 0.272 e. The molecule has 1 fully saturated rings. The van der Waals surface area contributed by atoms with Crippen molar-refractivity contribution in [3.63, 3.8) is 0 Å². The van der Waals surface area contributed by atoms with Crippen LogP contribution in [0.1, 0.15) is 23.6 Å². The number of nitrogens with zero attached hydrogens (tertiary/aromatic N) is 2. The van der Waals surface area contributed by atoms with Gasteiger partial charge in [0.2, 0.25) is 0 Å². The summed E-state index contributed by atoms with van der Waals surface area (Å²) in [5.74, 6) is 0. The predicted molar refractivity (Wildman–Crippen MR) is 79.8 cm³/mol. The van der Waals surface area contributed by atoms with Crippen molar-refractivity contribution < 1.29 is 4.92 Å². The zero-order valence-corrected chi connectivity index (χ0v) is 11.8. The van der Waals surface area contributed by atoms with Crippen LogP contribution < -0.4 is 5.32 Å². The van der Waals surface area contributed by atoms with Crippen LogP contribution in [0.5, 0.6) is 0 Å². The van der Waals surface area contributed by atoms with Crippen LogP contribution in [0.3, 0.4) is 0 Å². The third kappa shape index (κ3) is 3.23. The summed E-state index contributed by atoms with van der Waals surface area (Å²) < 4.78 is 0. The zero-order chi connectivity index (χ0) is 14.5. The van der Waals surface area contributed by atoms with Gasteiger partial charge in [-0.05, 0) is 18.9 Å². The maximum atomic E-state index is 11.1. The Labute approximate surface area is 119 Å². The van der Waals surface area contributed by atoms with Crippen molar-refractivity contribution in [3.05, 3.63) is 52.1 Å². The van der Waals surface area contributed by atoms with Gasteiger partial charge in [-0.25, -0.2) is 0 Å². The van der Waals surface area contributed by atoms with Gasteiger partial charge in [-0.3, -0.25) is 15.0 Å². The molecule has 2 rings (SSSR count). The molecule has 0 amide bonds. The summed E-state index contributed by atoms with van der Waals surface area (Å²) in [6.07, 6.45) is 2.69. The van der Waals surface area contributed by atoms with Crippen molar-refractivity contribution in [3.8, 4) is 0 Å². The van der Waals surface area contributed by atoms with Crippen molar-refractivity contribution in [2.24, 2.45) is 0 Å². The summed E-state index contributed by atoms with van der Waals surface area (Å²) in [5, 5.41) is 14.4. The van der Waals surface area contributed by atoms with Gasteiger partial charge in [0.05, 0.1) is 4.92 Å². The van der Waals surface area contributed by atoms with E-state index in [9.17, 15) is 10.1 Å². The highest BCUT2D eigenvalue weighted by Gasteiger charge is 2.23. The Balaban J connectivity index is 2.30. The van der Waals surface area contributed by atoms with Gasteiger partial charge in [0.15, 0.2) is 0 Å². The van der Waals surface area contributed by atoms with Gasteiger partial charge in [-0.2, -0.15) is 0 Å². The van der Waals surface area contributed by atoms with E-state index < -0.39 is 0 Å². The molecule has 0 radical (unpaired) electrons. The molecule has 0 unspecified atom stereocenters. The maximum absolute atomic E-state index is 11.1. The van der Waals surface area contributed by atoms with Gasteiger partial charge in [0.1, 0.15) is 0 Å². The quantitative estimate of drug-likeness (QED) is 0.509. The van der Waals surface area contributed by atoms with Gasteiger partial charge in [-0.1, -0.05) is 18.2 Å². The average molecular weight is 275 g/mol. The summed E-state index contributed by atoms with van der Waals surface area (Å²) in [4.78, 5) is 13.2. The number of rotatable bonds is 5. The number of nitro benzene ring substituents is 1. The third-order valence-corrected chi connectivity index (χ3v) is 3.80. The normalized spacial score (nSPS) is 17.6. The molecule has 5 heteroatoms. The second-order valence-electron chi connectivity index (χ2n) is 5.13. The van der Waals surface area contributed by atoms with Crippen molar-refractivity contribution >= 4 is 5.69 Å². The summed E-state index contributed by atoms with van der Waals surface area (Å²) in [6.45, 7) is 9.43. The van der Waals surface area contributed by atoms with E-state index in [2.05, 4.69) is 16.8 Å². The molecule has 1 aromatic rings. The van der Waals surface area contributed by atoms with Crippen LogP contribution >= 0.6 is 0 Å². The Morgan fingerprint density at radius 3 is 2.80 bits per heavy atom. The van der Waals surface area contributed by atoms with Crippen molar-refractivity contribution in [1.29, 1.82) is 0 Å². The minimum absolute atomic E-state index is 0.175. The fraction of sp³-hybridized carbons (Fsp3) is 0.467. The topological polar surface area (TPSA) is 58.4 Å². The van der Waals surface area contributed by atoms with Crippen LogP contribution in [0.2, 0.25) is 0 Å². The monoisotopic (exact) mass is 275 g/mol. The molecule has 0 aromatic heterocycles. The molecular formula is C15H21N3O2. The van der Waals surface area contributed by atoms with Crippen LogP contribution in [-0.2, 0) is 0 Å². The second kappa shape index (κ2) is 6.63. The van der Waals surface area contributed by atoms with Gasteiger partial charge in [0, 0.05) is 43.9 Å². The molecule has 1 N–H and O–H groups in total. The van der Waals surface area contributed by atoms with Crippen molar-refractivity contribution in [2.75, 3.05) is 26.2 Å². The average Bonchev–Trinajstić information content (AvgIpc) is 2.46. The van der Waals surface area contributed by atoms with Gasteiger partial charge >= 0.3 is 0 Å². The molecule has 5 nitrogen and oxygen atoms in total. The number of aryl methyl sites for hydroxylation is 1. The first-order chi connectivity index (χ1) is 9.63. The lowest BCUT2D eigenvalue weighted by atomic mass is 9.99. The van der Waals surface area contributed by atoms with Gasteiger partial charge in [-0.15, -0.1) is 6.58 Å². The molecule has 1 aliphatic rings. The SMILES string of the molecule is C=CC[C@H](c1ccc(C)c([N+](=O)[O-])c1)N1CCNCC1. The van der Waals surface area contributed by atoms with E-state index in [0.717, 1.165) is 38.2 Å². The highest BCUT2D eigenvalue weighted by molar-refractivity contribution is 5.43. The number of nitro groups is 1. The largest absolute Gasteiger partial charge is 0.314 e. The second-order valence-corrected chi connectivity index (χ2v) is 5.13. The van der Waals surface area contributed by atoms with E-state index in [1.165, 1.54) is 0 Å². The molecule has 1 aromatic carbocycles. The first kappa shape index (κ1) is 14.7. The zero-order valence-electron chi connectivity index (χ0n) is 11.8. The van der Waals surface area contributed by atoms with Crippen LogP contribution in [0.4, 0.5) is 5.69 Å². The predicted octanol–water partition coefficient (Wildman–Crippen LogP) is 2.43. The van der Waals surface area contributed by atoms with Crippen LogP contribution in [-0.4, -0.2) is 36.0 Å². The molecule has 20 heavy (non-hydrogen) atoms. The Bertz CT molecular complexity index is 496. The van der Waals surface area contributed by atoms with E-state index in [4.69, 9.17) is 0 Å². The molecule has 0 saturated carbocycles. The molecule has 0 spiro atoms. The van der Waals surface area contributed by atoms with E-state index in [1.807, 2.05) is 18.2 Å². The number of hydrogen-bond acceptors (Lipinski definition) is 4. The number of benzene rings is 1. The summed E-state index contributed by atoms with van der Waals surface area (Å²) >= 11 is 0. The van der Waals surface area contributed by atoms with E-state index in [-0.39, 0.29) is 16.7 Å². The fourth-order valence-corrected chi connectivity index (χ4v) is 2.68. The molecule has 1 aliphatic heterocycles. The first-order valence-corrected chi connectivity index (χ1v) is 6.94. The molecule has 1 saturated heterocycles. The Morgan fingerprint density at radius 2 is 2.20 bits per heavy atom. The molecule has 1 atom stereocenters. The lowest BCUT2D eigenvalue weighted by Gasteiger charge is -2.34. The Kier molecular flexibility index (Phi) is 4.87. The molecule has 0 aliphatic carbocycles. The number of hydrogen-bond donors (Lipinski definition) is 1. The summed E-state index contributed by atoms with van der Waals surface area (Å²) in [7, 11) is 0. The highest BCUT2D eigenvalue weighted by atomic mass is 16.6. The number of piperazine rings is 1. The van der Waals surface area contributed by atoms with Crippen LogP contribution in [0.15, 0.2) is 30.9 Å². The lowest BCUT2D eigenvalue weighted by molar-refractivity contribution is -0.385. The summed E-state index contributed by atoms with van der Waals surface area (Å²) in [5.41, 5.74) is 1.91.